The third-order valence-corrected chi connectivity index (χ3v) is 2.38. The maximum absolute atomic E-state index is 3.69. The molecule has 0 bridgehead atoms. The van der Waals surface area contributed by atoms with Crippen LogP contribution in [0.2, 0.25) is 0 Å². The highest BCUT2D eigenvalue weighted by Gasteiger charge is 2.05. The first-order chi connectivity index (χ1) is 6.66. The zero-order chi connectivity index (χ0) is 10.6. The lowest BCUT2D eigenvalue weighted by Crippen LogP contribution is -1.93. The Bertz CT molecular complexity index is 343. The molecule has 14 heavy (non-hydrogen) atoms. The normalized spacial score (nSPS) is 11.1. The summed E-state index contributed by atoms with van der Waals surface area (Å²) in [5, 5.41) is 0. The van der Waals surface area contributed by atoms with Gasteiger partial charge in [0.1, 0.15) is 0 Å². The molecule has 0 heterocycles. The van der Waals surface area contributed by atoms with Gasteiger partial charge < -0.3 is 0 Å². The van der Waals surface area contributed by atoms with Crippen molar-refractivity contribution in [1.29, 1.82) is 0 Å². The summed E-state index contributed by atoms with van der Waals surface area (Å²) in [6, 6.07) is 6.46. The van der Waals surface area contributed by atoms with Crippen molar-refractivity contribution in [2.75, 3.05) is 0 Å². The summed E-state index contributed by atoms with van der Waals surface area (Å²) in [5.41, 5.74) is 4.07. The van der Waals surface area contributed by atoms with Crippen molar-refractivity contribution in [3.8, 4) is 0 Å². The minimum atomic E-state index is 0.569. The van der Waals surface area contributed by atoms with Crippen LogP contribution in [0.4, 0.5) is 0 Å². The molecule has 0 nitrogen and oxygen atoms in total. The molecular weight excluding hydrogens is 168 g/mol. The van der Waals surface area contributed by atoms with Gasteiger partial charge in [-0.25, -0.2) is 0 Å². The summed E-state index contributed by atoms with van der Waals surface area (Å²) in [6.07, 6.45) is 5.95. The Kier molecular flexibility index (Phi) is 3.70. The number of hydrogen-bond donors (Lipinski definition) is 0. The lowest BCUT2D eigenvalue weighted by molar-refractivity contribution is 0.862. The van der Waals surface area contributed by atoms with Crippen molar-refractivity contribution < 1.29 is 0 Å². The first-order valence-electron chi connectivity index (χ1n) is 5.05. The zero-order valence-corrected chi connectivity index (χ0v) is 9.25. The molecular formula is C14H18. The van der Waals surface area contributed by atoms with Crippen molar-refractivity contribution in [3.05, 3.63) is 53.6 Å². The highest BCUT2D eigenvalue weighted by molar-refractivity contribution is 5.59. The van der Waals surface area contributed by atoms with E-state index in [-0.39, 0.29) is 0 Å². The van der Waals surface area contributed by atoms with Crippen molar-refractivity contribution in [2.45, 2.75) is 26.7 Å². The van der Waals surface area contributed by atoms with E-state index in [4.69, 9.17) is 0 Å². The fourth-order valence-electron chi connectivity index (χ4n) is 1.60. The molecule has 0 aromatic heterocycles. The molecule has 1 aromatic rings. The van der Waals surface area contributed by atoms with Crippen molar-refractivity contribution in [2.24, 2.45) is 0 Å². The predicted octanol–water partition coefficient (Wildman–Crippen LogP) is 4.32. The topological polar surface area (TPSA) is 0 Å². The molecule has 0 heteroatoms. The van der Waals surface area contributed by atoms with Gasteiger partial charge >= 0.3 is 0 Å². The molecule has 0 unspecified atom stereocenters. The monoisotopic (exact) mass is 186 g/mol. The van der Waals surface area contributed by atoms with Crippen LogP contribution in [-0.4, -0.2) is 0 Å². The minimum Gasteiger partial charge on any atom is -0.0991 e. The second-order valence-corrected chi connectivity index (χ2v) is 3.83. The summed E-state index contributed by atoms with van der Waals surface area (Å²) in [6.45, 7) is 10.3. The van der Waals surface area contributed by atoms with Crippen molar-refractivity contribution in [3.63, 3.8) is 0 Å². The molecule has 0 saturated heterocycles. The second kappa shape index (κ2) is 4.80. The Morgan fingerprint density at radius 3 is 2.57 bits per heavy atom. The van der Waals surface area contributed by atoms with E-state index in [0.717, 1.165) is 0 Å². The fourth-order valence-corrected chi connectivity index (χ4v) is 1.60. The quantitative estimate of drug-likeness (QED) is 0.617. The van der Waals surface area contributed by atoms with Crippen LogP contribution in [0.15, 0.2) is 36.9 Å². The molecule has 0 aliphatic carbocycles. The van der Waals surface area contributed by atoms with Crippen LogP contribution in [0.25, 0.3) is 6.08 Å². The van der Waals surface area contributed by atoms with E-state index < -0.39 is 0 Å². The number of rotatable bonds is 3. The molecule has 1 aromatic carbocycles. The maximum Gasteiger partial charge on any atom is -0.0193 e. The fraction of sp³-hybridized carbons (Fsp3) is 0.286. The third kappa shape index (κ3) is 2.35. The Morgan fingerprint density at radius 1 is 1.29 bits per heavy atom. The van der Waals surface area contributed by atoms with Gasteiger partial charge in [0.05, 0.1) is 0 Å². The zero-order valence-electron chi connectivity index (χ0n) is 9.25. The summed E-state index contributed by atoms with van der Waals surface area (Å²) in [7, 11) is 0. The van der Waals surface area contributed by atoms with Gasteiger partial charge in [0.25, 0.3) is 0 Å². The molecule has 0 fully saturated rings. The first kappa shape index (κ1) is 10.8. The van der Waals surface area contributed by atoms with Gasteiger partial charge in [0.15, 0.2) is 0 Å². The first-order valence-corrected chi connectivity index (χ1v) is 5.05. The minimum absolute atomic E-state index is 0.569. The SMILES string of the molecule is C=C/C=C\c1c(C)cccc1C(C)C. The molecule has 1 rings (SSSR count). The molecule has 0 radical (unpaired) electrons. The number of hydrogen-bond acceptors (Lipinski definition) is 0. The highest BCUT2D eigenvalue weighted by atomic mass is 14.1. The lowest BCUT2D eigenvalue weighted by atomic mass is 9.93. The van der Waals surface area contributed by atoms with Crippen LogP contribution in [0, 0.1) is 6.92 Å². The predicted molar refractivity (Wildman–Crippen MR) is 64.5 cm³/mol. The largest absolute Gasteiger partial charge is 0.0991 e. The van der Waals surface area contributed by atoms with Crippen LogP contribution in [0.1, 0.15) is 36.5 Å². The van der Waals surface area contributed by atoms with Gasteiger partial charge in [0, 0.05) is 0 Å². The van der Waals surface area contributed by atoms with Crippen molar-refractivity contribution >= 4 is 6.08 Å². The number of benzene rings is 1. The van der Waals surface area contributed by atoms with Gasteiger partial charge in [-0.2, -0.15) is 0 Å². The Hall–Kier alpha value is -1.30. The van der Waals surface area contributed by atoms with Crippen LogP contribution >= 0.6 is 0 Å². The van der Waals surface area contributed by atoms with E-state index in [1.54, 1.807) is 0 Å². The molecule has 0 saturated carbocycles. The number of allylic oxidation sites excluding steroid dienone is 2. The molecule has 74 valence electrons. The number of aryl methyl sites for hydroxylation is 1. The molecule has 0 aliphatic heterocycles. The summed E-state index contributed by atoms with van der Waals surface area (Å²) in [5.74, 6) is 0.569. The van der Waals surface area contributed by atoms with Gasteiger partial charge in [-0.3, -0.25) is 0 Å². The smallest absolute Gasteiger partial charge is 0.0193 e. The summed E-state index contributed by atoms with van der Waals surface area (Å²) < 4.78 is 0. The van der Waals surface area contributed by atoms with Gasteiger partial charge in [0.2, 0.25) is 0 Å². The van der Waals surface area contributed by atoms with E-state index >= 15 is 0 Å². The van der Waals surface area contributed by atoms with E-state index in [1.807, 2.05) is 12.2 Å². The maximum atomic E-state index is 3.69. The second-order valence-electron chi connectivity index (χ2n) is 3.83. The van der Waals surface area contributed by atoms with Crippen LogP contribution in [0.3, 0.4) is 0 Å². The Balaban J connectivity index is 3.21. The summed E-state index contributed by atoms with van der Waals surface area (Å²) >= 11 is 0. The van der Waals surface area contributed by atoms with Crippen molar-refractivity contribution in [1.82, 2.24) is 0 Å². The van der Waals surface area contributed by atoms with Crippen LogP contribution in [0.5, 0.6) is 0 Å². The molecule has 0 amide bonds. The Morgan fingerprint density at radius 2 is 2.00 bits per heavy atom. The Labute approximate surface area is 87.0 Å². The van der Waals surface area contributed by atoms with E-state index in [1.165, 1.54) is 16.7 Å². The van der Waals surface area contributed by atoms with Gasteiger partial charge in [-0.05, 0) is 29.5 Å². The van der Waals surface area contributed by atoms with Gasteiger partial charge in [-0.1, -0.05) is 56.9 Å². The van der Waals surface area contributed by atoms with Gasteiger partial charge in [-0.15, -0.1) is 0 Å². The highest BCUT2D eigenvalue weighted by Crippen LogP contribution is 2.23. The van der Waals surface area contributed by atoms with Crippen LogP contribution in [-0.2, 0) is 0 Å². The third-order valence-electron chi connectivity index (χ3n) is 2.38. The average Bonchev–Trinajstić information content (AvgIpc) is 2.15. The van der Waals surface area contributed by atoms with E-state index in [0.29, 0.717) is 5.92 Å². The van der Waals surface area contributed by atoms with E-state index in [9.17, 15) is 0 Å². The molecule has 0 spiro atoms. The molecule has 0 N–H and O–H groups in total. The van der Waals surface area contributed by atoms with Crippen LogP contribution < -0.4 is 0 Å². The van der Waals surface area contributed by atoms with E-state index in [2.05, 4.69) is 51.6 Å². The standard InChI is InChI=1S/C14H18/c1-5-6-9-14-12(4)8-7-10-13(14)11(2)3/h5-11H,1H2,2-4H3/b9-6-. The average molecular weight is 186 g/mol. The summed E-state index contributed by atoms with van der Waals surface area (Å²) in [4.78, 5) is 0. The molecule has 0 atom stereocenters. The molecule has 0 aliphatic rings. The lowest BCUT2D eigenvalue weighted by Gasteiger charge is -2.11.